The Morgan fingerprint density at radius 1 is 1.46 bits per heavy atom. The molecule has 0 saturated heterocycles. The first kappa shape index (κ1) is 11.4. The number of nitrogens with one attached hydrogen (secondary N) is 1. The quantitative estimate of drug-likeness (QED) is 0.495. The Kier molecular flexibility index (Phi) is 4.50. The van der Waals surface area contributed by atoms with Gasteiger partial charge < -0.3 is 21.0 Å². The third kappa shape index (κ3) is 5.66. The van der Waals surface area contributed by atoms with Gasteiger partial charge in [-0.2, -0.15) is 0 Å². The van der Waals surface area contributed by atoms with Gasteiger partial charge in [-0.1, -0.05) is 0 Å². The van der Waals surface area contributed by atoms with E-state index in [-0.39, 0.29) is 12.8 Å². The summed E-state index contributed by atoms with van der Waals surface area (Å²) in [4.78, 5) is 31.2. The van der Waals surface area contributed by atoms with Gasteiger partial charge in [0.05, 0.1) is 12.0 Å². The molecule has 0 spiro atoms. The number of amides is 2. The largest absolute Gasteiger partial charge is 0.548 e. The molecule has 0 unspecified atom stereocenters. The fraction of sp³-hybridized carbons (Fsp3) is 0.571. The molecule has 0 aliphatic carbocycles. The Hall–Kier alpha value is -1.59. The summed E-state index contributed by atoms with van der Waals surface area (Å²) < 4.78 is 0. The monoisotopic (exact) mass is 187 g/mol. The zero-order chi connectivity index (χ0) is 10.4. The van der Waals surface area contributed by atoms with Crippen LogP contribution in [0.25, 0.3) is 0 Å². The minimum atomic E-state index is -1.42. The number of carbonyl (C=O) groups excluding carboxylic acids is 3. The standard InChI is InChI=1S/C7H12N2O4/c1-4(10)9-5(7(12)13)2-3-6(8)11/h5H,2-3H2,1H3,(H2,8,11)(H,9,10)(H,12,13)/p-1/t5-/m1/s1. The van der Waals surface area contributed by atoms with Gasteiger partial charge in [-0.15, -0.1) is 0 Å². The zero-order valence-electron chi connectivity index (χ0n) is 7.20. The highest BCUT2D eigenvalue weighted by Gasteiger charge is 2.11. The number of primary amides is 1. The lowest BCUT2D eigenvalue weighted by Gasteiger charge is -2.17. The van der Waals surface area contributed by atoms with Gasteiger partial charge in [0, 0.05) is 13.3 Å². The van der Waals surface area contributed by atoms with Crippen LogP contribution in [0, 0.1) is 0 Å². The van der Waals surface area contributed by atoms with Crippen molar-refractivity contribution in [3.05, 3.63) is 0 Å². The van der Waals surface area contributed by atoms with Crippen LogP contribution in [0.3, 0.4) is 0 Å². The Bertz CT molecular complexity index is 227. The van der Waals surface area contributed by atoms with E-state index in [0.29, 0.717) is 0 Å². The van der Waals surface area contributed by atoms with Crippen LogP contribution >= 0.6 is 0 Å². The lowest BCUT2D eigenvalue weighted by molar-refractivity contribution is -0.308. The van der Waals surface area contributed by atoms with Gasteiger partial charge >= 0.3 is 0 Å². The molecule has 0 aliphatic heterocycles. The third-order valence-corrected chi connectivity index (χ3v) is 1.34. The molecule has 6 nitrogen and oxygen atoms in total. The fourth-order valence-electron chi connectivity index (χ4n) is 0.781. The third-order valence-electron chi connectivity index (χ3n) is 1.34. The van der Waals surface area contributed by atoms with Gasteiger partial charge in [0.1, 0.15) is 0 Å². The van der Waals surface area contributed by atoms with E-state index < -0.39 is 23.8 Å². The van der Waals surface area contributed by atoms with Crippen molar-refractivity contribution in [1.82, 2.24) is 5.32 Å². The molecule has 1 atom stereocenters. The van der Waals surface area contributed by atoms with E-state index in [9.17, 15) is 19.5 Å². The fourth-order valence-corrected chi connectivity index (χ4v) is 0.781. The van der Waals surface area contributed by atoms with Crippen molar-refractivity contribution in [3.63, 3.8) is 0 Å². The summed E-state index contributed by atoms with van der Waals surface area (Å²) in [5, 5.41) is 12.5. The van der Waals surface area contributed by atoms with E-state index in [1.165, 1.54) is 6.92 Å². The van der Waals surface area contributed by atoms with Crippen LogP contribution in [-0.2, 0) is 14.4 Å². The number of nitrogens with two attached hydrogens (primary N) is 1. The zero-order valence-corrected chi connectivity index (χ0v) is 7.20. The van der Waals surface area contributed by atoms with E-state index in [4.69, 9.17) is 5.73 Å². The minimum Gasteiger partial charge on any atom is -0.548 e. The molecule has 3 N–H and O–H groups in total. The van der Waals surface area contributed by atoms with E-state index in [1.54, 1.807) is 0 Å². The summed E-state index contributed by atoms with van der Waals surface area (Å²) in [6.07, 6.45) is -0.143. The molecule has 6 heteroatoms. The molecule has 0 aromatic carbocycles. The first-order chi connectivity index (χ1) is 5.93. The molecule has 74 valence electrons. The highest BCUT2D eigenvalue weighted by molar-refractivity contribution is 5.82. The van der Waals surface area contributed by atoms with Crippen LogP contribution in [0.2, 0.25) is 0 Å². The summed E-state index contributed by atoms with van der Waals surface area (Å²) in [7, 11) is 0. The molecule has 0 fully saturated rings. The van der Waals surface area contributed by atoms with Crippen molar-refractivity contribution >= 4 is 17.8 Å². The highest BCUT2D eigenvalue weighted by atomic mass is 16.4. The van der Waals surface area contributed by atoms with Crippen molar-refractivity contribution in [2.45, 2.75) is 25.8 Å². The van der Waals surface area contributed by atoms with Crippen LogP contribution < -0.4 is 16.2 Å². The van der Waals surface area contributed by atoms with Crippen LogP contribution in [0.5, 0.6) is 0 Å². The number of hydrogen-bond acceptors (Lipinski definition) is 4. The maximum Gasteiger partial charge on any atom is 0.217 e. The van der Waals surface area contributed by atoms with Gasteiger partial charge in [0.2, 0.25) is 11.8 Å². The summed E-state index contributed by atoms with van der Waals surface area (Å²) in [5.41, 5.74) is 4.81. The lowest BCUT2D eigenvalue weighted by atomic mass is 10.1. The molecule has 0 rings (SSSR count). The molecular formula is C7H11N2O4-. The molecule has 0 saturated carbocycles. The smallest absolute Gasteiger partial charge is 0.217 e. The van der Waals surface area contributed by atoms with Crippen molar-refractivity contribution in [2.75, 3.05) is 0 Å². The maximum absolute atomic E-state index is 10.5. The minimum absolute atomic E-state index is 0.0444. The van der Waals surface area contributed by atoms with Crippen LogP contribution in [0.4, 0.5) is 0 Å². The Labute approximate surface area is 75.1 Å². The molecule has 2 amide bonds. The second-order valence-electron chi connectivity index (χ2n) is 2.58. The van der Waals surface area contributed by atoms with Gasteiger partial charge in [0.15, 0.2) is 0 Å². The molecule has 0 radical (unpaired) electrons. The molecule has 0 aromatic rings. The number of aliphatic carboxylic acids is 1. The second-order valence-corrected chi connectivity index (χ2v) is 2.58. The lowest BCUT2D eigenvalue weighted by Crippen LogP contribution is -2.47. The average molecular weight is 187 g/mol. The van der Waals surface area contributed by atoms with Crippen LogP contribution in [0.15, 0.2) is 0 Å². The number of hydrogen-bond donors (Lipinski definition) is 2. The molecular weight excluding hydrogens is 176 g/mol. The first-order valence-electron chi connectivity index (χ1n) is 3.69. The van der Waals surface area contributed by atoms with Crippen molar-refractivity contribution in [3.8, 4) is 0 Å². The SMILES string of the molecule is CC(=O)N[C@H](CCC(N)=O)C(=O)[O-]. The van der Waals surface area contributed by atoms with Gasteiger partial charge in [-0.3, -0.25) is 9.59 Å². The predicted molar refractivity (Wildman–Crippen MR) is 41.0 cm³/mol. The summed E-state index contributed by atoms with van der Waals surface area (Å²) in [6, 6.07) is -1.15. The number of carboxylic acids is 1. The normalized spacial score (nSPS) is 11.8. The summed E-state index contributed by atoms with van der Waals surface area (Å²) in [6.45, 7) is 1.18. The number of carbonyl (C=O) groups is 3. The number of carboxylic acid groups (broad SMARTS) is 1. The van der Waals surface area contributed by atoms with Gasteiger partial charge in [0.25, 0.3) is 0 Å². The van der Waals surface area contributed by atoms with E-state index in [2.05, 4.69) is 5.32 Å². The molecule has 13 heavy (non-hydrogen) atoms. The Balaban J connectivity index is 4.02. The molecule has 0 bridgehead atoms. The van der Waals surface area contributed by atoms with Crippen LogP contribution in [-0.4, -0.2) is 23.8 Å². The topological polar surface area (TPSA) is 112 Å². The molecule has 0 aliphatic rings. The van der Waals surface area contributed by atoms with E-state index in [1.807, 2.05) is 0 Å². The van der Waals surface area contributed by atoms with E-state index >= 15 is 0 Å². The van der Waals surface area contributed by atoms with Crippen molar-refractivity contribution in [2.24, 2.45) is 5.73 Å². The first-order valence-corrected chi connectivity index (χ1v) is 3.69. The highest BCUT2D eigenvalue weighted by Crippen LogP contribution is 1.95. The van der Waals surface area contributed by atoms with Gasteiger partial charge in [-0.25, -0.2) is 0 Å². The molecule has 0 aromatic heterocycles. The Morgan fingerprint density at radius 2 is 2.00 bits per heavy atom. The van der Waals surface area contributed by atoms with E-state index in [0.717, 1.165) is 0 Å². The Morgan fingerprint density at radius 3 is 2.31 bits per heavy atom. The van der Waals surface area contributed by atoms with Crippen LogP contribution in [0.1, 0.15) is 19.8 Å². The average Bonchev–Trinajstić information content (AvgIpc) is 1.96. The summed E-state index contributed by atoms with van der Waals surface area (Å²) >= 11 is 0. The van der Waals surface area contributed by atoms with Crippen molar-refractivity contribution < 1.29 is 19.5 Å². The van der Waals surface area contributed by atoms with Crippen molar-refractivity contribution in [1.29, 1.82) is 0 Å². The molecule has 0 heterocycles. The maximum atomic E-state index is 10.5. The summed E-state index contributed by atoms with van der Waals surface area (Å²) in [5.74, 6) is -2.52. The predicted octanol–water partition coefficient (Wildman–Crippen LogP) is -2.49. The number of rotatable bonds is 5. The second kappa shape index (κ2) is 5.13. The van der Waals surface area contributed by atoms with Gasteiger partial charge in [-0.05, 0) is 6.42 Å².